The van der Waals surface area contributed by atoms with Gasteiger partial charge in [-0.25, -0.2) is 0 Å². The Morgan fingerprint density at radius 1 is 0.970 bits per heavy atom. The number of imide groups is 1. The third kappa shape index (κ3) is 5.85. The van der Waals surface area contributed by atoms with Gasteiger partial charge in [0.25, 0.3) is 5.91 Å². The Hall–Kier alpha value is -3.49. The molecule has 176 valence electrons. The molecule has 2 aliphatic rings. The molecule has 1 fully saturated rings. The van der Waals surface area contributed by atoms with E-state index in [1.54, 1.807) is 0 Å². The largest absolute Gasteiger partial charge is 0.456 e. The van der Waals surface area contributed by atoms with Crippen LogP contribution in [0.4, 0.5) is 5.69 Å². The lowest BCUT2D eigenvalue weighted by atomic mass is 9.85. The highest BCUT2D eigenvalue weighted by Crippen LogP contribution is 2.35. The number of rotatable bonds is 8. The van der Waals surface area contributed by atoms with Gasteiger partial charge in [0, 0.05) is 12.2 Å². The van der Waals surface area contributed by atoms with Crippen molar-refractivity contribution in [3.05, 3.63) is 41.0 Å². The molecule has 9 nitrogen and oxygen atoms in total. The molecule has 2 N–H and O–H groups in total. The molecule has 33 heavy (non-hydrogen) atoms. The van der Waals surface area contributed by atoms with E-state index in [0.29, 0.717) is 18.5 Å². The summed E-state index contributed by atoms with van der Waals surface area (Å²) in [5.74, 6) is -2.93. The van der Waals surface area contributed by atoms with Crippen molar-refractivity contribution in [1.29, 1.82) is 0 Å². The van der Waals surface area contributed by atoms with Crippen molar-refractivity contribution in [1.82, 2.24) is 10.2 Å². The van der Waals surface area contributed by atoms with Gasteiger partial charge in [-0.2, -0.15) is 0 Å². The number of ether oxygens (including phenoxy) is 1. The zero-order valence-electron chi connectivity index (χ0n) is 19.1. The van der Waals surface area contributed by atoms with Crippen LogP contribution >= 0.6 is 0 Å². The molecule has 1 saturated heterocycles. The maximum Gasteiger partial charge on any atom is 0.308 e. The SMILES string of the molecule is Cc1cc(C)c(NC(=O)CNC(=O)COC(=O)CCN2C(=O)[C@@H]3CC=CC[C@H]3C2=O)c(C)c1. The van der Waals surface area contributed by atoms with Crippen LogP contribution in [-0.2, 0) is 28.7 Å². The topological polar surface area (TPSA) is 122 Å². The van der Waals surface area contributed by atoms with Crippen LogP contribution in [0.1, 0.15) is 36.0 Å². The minimum atomic E-state index is -0.700. The van der Waals surface area contributed by atoms with Gasteiger partial charge < -0.3 is 15.4 Å². The van der Waals surface area contributed by atoms with Crippen LogP contribution in [0.2, 0.25) is 0 Å². The lowest BCUT2D eigenvalue weighted by Gasteiger charge is -2.14. The van der Waals surface area contributed by atoms with Crippen LogP contribution in [-0.4, -0.2) is 54.2 Å². The van der Waals surface area contributed by atoms with Crippen LogP contribution in [0.3, 0.4) is 0 Å². The van der Waals surface area contributed by atoms with Gasteiger partial charge >= 0.3 is 5.97 Å². The van der Waals surface area contributed by atoms with Crippen LogP contribution in [0.25, 0.3) is 0 Å². The highest BCUT2D eigenvalue weighted by molar-refractivity contribution is 6.05. The second-order valence-corrected chi connectivity index (χ2v) is 8.49. The van der Waals surface area contributed by atoms with E-state index in [2.05, 4.69) is 10.6 Å². The summed E-state index contributed by atoms with van der Waals surface area (Å²) >= 11 is 0. The number of carbonyl (C=O) groups excluding carboxylic acids is 5. The van der Waals surface area contributed by atoms with Gasteiger partial charge in [-0.05, 0) is 44.7 Å². The average molecular weight is 456 g/mol. The summed E-state index contributed by atoms with van der Waals surface area (Å²) in [5, 5.41) is 5.17. The monoisotopic (exact) mass is 455 g/mol. The van der Waals surface area contributed by atoms with Crippen molar-refractivity contribution in [2.24, 2.45) is 11.8 Å². The summed E-state index contributed by atoms with van der Waals surface area (Å²) in [4.78, 5) is 61.9. The van der Waals surface area contributed by atoms with Gasteiger partial charge in [0.15, 0.2) is 6.61 Å². The van der Waals surface area contributed by atoms with E-state index >= 15 is 0 Å². The van der Waals surface area contributed by atoms with Crippen LogP contribution in [0.5, 0.6) is 0 Å². The number of anilines is 1. The first-order chi connectivity index (χ1) is 15.7. The van der Waals surface area contributed by atoms with Gasteiger partial charge in [-0.1, -0.05) is 29.8 Å². The van der Waals surface area contributed by atoms with Crippen LogP contribution in [0, 0.1) is 32.6 Å². The fraction of sp³-hybridized carbons (Fsp3) is 0.458. The molecule has 0 saturated carbocycles. The number of aryl methyl sites for hydroxylation is 3. The van der Waals surface area contributed by atoms with Crippen molar-refractivity contribution < 1.29 is 28.7 Å². The van der Waals surface area contributed by atoms with E-state index in [0.717, 1.165) is 21.6 Å². The molecule has 1 heterocycles. The van der Waals surface area contributed by atoms with Crippen molar-refractivity contribution >= 4 is 35.3 Å². The molecule has 0 unspecified atom stereocenters. The number of hydrogen-bond donors (Lipinski definition) is 2. The summed E-state index contributed by atoms with van der Waals surface area (Å²) in [7, 11) is 0. The highest BCUT2D eigenvalue weighted by Gasteiger charge is 2.46. The molecule has 1 aromatic rings. The molecule has 1 aliphatic carbocycles. The number of nitrogens with one attached hydrogen (secondary N) is 2. The second kappa shape index (κ2) is 10.4. The van der Waals surface area contributed by atoms with E-state index in [1.807, 2.05) is 45.1 Å². The average Bonchev–Trinajstić information content (AvgIpc) is 3.02. The maximum absolute atomic E-state index is 12.4. The summed E-state index contributed by atoms with van der Waals surface area (Å²) in [5.41, 5.74) is 3.64. The fourth-order valence-electron chi connectivity index (χ4n) is 4.30. The summed E-state index contributed by atoms with van der Waals surface area (Å²) in [6, 6.07) is 3.91. The Morgan fingerprint density at radius 2 is 1.55 bits per heavy atom. The van der Waals surface area contributed by atoms with Gasteiger partial charge in [0.1, 0.15) is 0 Å². The quantitative estimate of drug-likeness (QED) is 0.348. The molecule has 3 rings (SSSR count). The Kier molecular flexibility index (Phi) is 7.63. The molecule has 0 radical (unpaired) electrons. The van der Waals surface area contributed by atoms with Crippen molar-refractivity contribution in [2.75, 3.05) is 25.0 Å². The Balaban J connectivity index is 1.37. The molecule has 0 aromatic heterocycles. The smallest absolute Gasteiger partial charge is 0.308 e. The van der Waals surface area contributed by atoms with Crippen LogP contribution in [0.15, 0.2) is 24.3 Å². The first-order valence-corrected chi connectivity index (χ1v) is 11.0. The first-order valence-electron chi connectivity index (χ1n) is 11.0. The number of carbonyl (C=O) groups is 5. The lowest BCUT2D eigenvalue weighted by Crippen LogP contribution is -2.36. The van der Waals surface area contributed by atoms with E-state index in [-0.39, 0.29) is 43.2 Å². The van der Waals surface area contributed by atoms with Gasteiger partial charge in [0.2, 0.25) is 17.7 Å². The lowest BCUT2D eigenvalue weighted by molar-refractivity contribution is -0.149. The number of likely N-dealkylation sites (tertiary alicyclic amines) is 1. The zero-order chi connectivity index (χ0) is 24.1. The number of fused-ring (bicyclic) bond motifs is 1. The van der Waals surface area contributed by atoms with Crippen molar-refractivity contribution in [3.63, 3.8) is 0 Å². The molecular weight excluding hydrogens is 426 g/mol. The Morgan fingerprint density at radius 3 is 2.12 bits per heavy atom. The summed E-state index contributed by atoms with van der Waals surface area (Å²) in [6.07, 6.45) is 4.67. The van der Waals surface area contributed by atoms with Gasteiger partial charge in [-0.3, -0.25) is 28.9 Å². The predicted octanol–water partition coefficient (Wildman–Crippen LogP) is 1.55. The summed E-state index contributed by atoms with van der Waals surface area (Å²) in [6.45, 7) is 4.87. The number of nitrogens with zero attached hydrogens (tertiary/aromatic N) is 1. The summed E-state index contributed by atoms with van der Waals surface area (Å²) < 4.78 is 4.91. The third-order valence-corrected chi connectivity index (χ3v) is 5.89. The normalized spacial score (nSPS) is 19.3. The number of hydrogen-bond acceptors (Lipinski definition) is 6. The first kappa shape index (κ1) is 24.2. The number of allylic oxidation sites excluding steroid dienone is 2. The molecule has 0 spiro atoms. The molecule has 0 bridgehead atoms. The molecule has 4 amide bonds. The third-order valence-electron chi connectivity index (χ3n) is 5.89. The van der Waals surface area contributed by atoms with E-state index in [9.17, 15) is 24.0 Å². The van der Waals surface area contributed by atoms with Crippen LogP contribution < -0.4 is 10.6 Å². The fourth-order valence-corrected chi connectivity index (χ4v) is 4.30. The molecule has 1 aliphatic heterocycles. The minimum absolute atomic E-state index is 0.0667. The van der Waals surface area contributed by atoms with Crippen molar-refractivity contribution in [2.45, 2.75) is 40.0 Å². The van der Waals surface area contributed by atoms with Crippen molar-refractivity contribution in [3.8, 4) is 0 Å². The molecular formula is C24H29N3O6. The highest BCUT2D eigenvalue weighted by atomic mass is 16.5. The minimum Gasteiger partial charge on any atom is -0.456 e. The predicted molar refractivity (Wildman–Crippen MR) is 120 cm³/mol. The Bertz CT molecular complexity index is 966. The van der Waals surface area contributed by atoms with E-state index in [4.69, 9.17) is 4.74 Å². The maximum atomic E-state index is 12.4. The molecule has 2 atom stereocenters. The zero-order valence-corrected chi connectivity index (χ0v) is 19.1. The second-order valence-electron chi connectivity index (χ2n) is 8.49. The standard InChI is InChI=1S/C24H29N3O6/c1-14-10-15(2)22(16(3)11-14)26-19(28)12-25-20(29)13-33-21(30)8-9-27-23(31)17-6-4-5-7-18(17)24(27)32/h4-5,10-11,17-18H,6-9,12-13H2,1-3H3,(H,25,29)(H,26,28)/t17-,18-/m1/s1. The van der Waals surface area contributed by atoms with Gasteiger partial charge in [0.05, 0.1) is 24.8 Å². The number of esters is 1. The van der Waals surface area contributed by atoms with Gasteiger partial charge in [-0.15, -0.1) is 0 Å². The van der Waals surface area contributed by atoms with E-state index in [1.165, 1.54) is 0 Å². The molecule has 1 aromatic carbocycles. The molecule has 9 heteroatoms. The van der Waals surface area contributed by atoms with E-state index < -0.39 is 24.4 Å². The Labute approximate surface area is 192 Å². The number of amides is 4. The number of benzene rings is 1.